The lowest BCUT2D eigenvalue weighted by molar-refractivity contribution is -0.150. The van der Waals surface area contributed by atoms with Crippen LogP contribution < -0.4 is 10.3 Å². The smallest absolute Gasteiger partial charge is 0.347 e. The maximum atomic E-state index is 13.5. The quantitative estimate of drug-likeness (QED) is 0.159. The van der Waals surface area contributed by atoms with E-state index >= 15 is 0 Å². The first kappa shape index (κ1) is 25.7. The third kappa shape index (κ3) is 5.07. The molecule has 2 heterocycles. The lowest BCUT2D eigenvalue weighted by Gasteiger charge is -2.16. The van der Waals surface area contributed by atoms with Gasteiger partial charge < -0.3 is 13.9 Å². The van der Waals surface area contributed by atoms with Crippen LogP contribution in [0.4, 0.5) is 0 Å². The standard InChI is InChI=1S/C28H21BrClN3O5/c1-3-36-28(35)16(2)37-25-20(29)12-17(13-21(25)30)15-31-33-26(24-14-18-8-4-7-11-23(18)38-24)32-22-10-6-5-9-19(22)27(33)34/h4-16H,3H2,1-2H3/t16-/m1/s1. The number of fused-ring (bicyclic) bond motifs is 2. The Labute approximate surface area is 230 Å². The largest absolute Gasteiger partial charge is 0.476 e. The van der Waals surface area contributed by atoms with Crippen LogP contribution in [-0.4, -0.2) is 34.6 Å². The second kappa shape index (κ2) is 10.8. The van der Waals surface area contributed by atoms with Crippen molar-refractivity contribution >= 4 is 61.6 Å². The molecule has 10 heteroatoms. The van der Waals surface area contributed by atoms with Gasteiger partial charge in [-0.3, -0.25) is 4.79 Å². The Morgan fingerprint density at radius 1 is 1.18 bits per heavy atom. The Bertz CT molecular complexity index is 1710. The van der Waals surface area contributed by atoms with Gasteiger partial charge in [0.15, 0.2) is 17.6 Å². The fraction of sp³-hybridized carbons (Fsp3) is 0.143. The van der Waals surface area contributed by atoms with E-state index in [4.69, 9.17) is 25.5 Å². The molecule has 0 bridgehead atoms. The van der Waals surface area contributed by atoms with Gasteiger partial charge in [0.1, 0.15) is 5.58 Å². The topological polar surface area (TPSA) is 95.9 Å². The van der Waals surface area contributed by atoms with Crippen molar-refractivity contribution in [1.29, 1.82) is 0 Å². The summed E-state index contributed by atoms with van der Waals surface area (Å²) in [6.07, 6.45) is 0.635. The van der Waals surface area contributed by atoms with Crippen LogP contribution in [0.15, 0.2) is 85.5 Å². The number of benzene rings is 3. The SMILES string of the molecule is CCOC(=O)[C@@H](C)Oc1c(Cl)cc(C=Nn2c(-c3cc4ccccc4o3)nc3ccccc3c2=O)cc1Br. The van der Waals surface area contributed by atoms with Gasteiger partial charge in [0.2, 0.25) is 5.82 Å². The van der Waals surface area contributed by atoms with Gasteiger partial charge in [-0.15, -0.1) is 0 Å². The summed E-state index contributed by atoms with van der Waals surface area (Å²) >= 11 is 9.90. The molecule has 0 unspecified atom stereocenters. The van der Waals surface area contributed by atoms with E-state index in [1.54, 1.807) is 44.2 Å². The van der Waals surface area contributed by atoms with Crippen molar-refractivity contribution in [2.24, 2.45) is 5.10 Å². The average Bonchev–Trinajstić information content (AvgIpc) is 3.34. The Morgan fingerprint density at radius 3 is 2.71 bits per heavy atom. The molecule has 0 N–H and O–H groups in total. The summed E-state index contributed by atoms with van der Waals surface area (Å²) in [5.41, 5.74) is 1.43. The second-order valence-electron chi connectivity index (χ2n) is 8.29. The maximum Gasteiger partial charge on any atom is 0.347 e. The van der Waals surface area contributed by atoms with Gasteiger partial charge in [-0.05, 0) is 71.7 Å². The van der Waals surface area contributed by atoms with E-state index in [0.29, 0.717) is 32.3 Å². The molecule has 2 aromatic heterocycles. The predicted molar refractivity (Wildman–Crippen MR) is 150 cm³/mol. The molecular weight excluding hydrogens is 574 g/mol. The molecule has 0 aliphatic carbocycles. The van der Waals surface area contributed by atoms with Gasteiger partial charge in [0, 0.05) is 5.39 Å². The van der Waals surface area contributed by atoms with Crippen molar-refractivity contribution in [3.63, 3.8) is 0 Å². The number of ether oxygens (including phenoxy) is 2. The van der Waals surface area contributed by atoms with Gasteiger partial charge in [-0.25, -0.2) is 9.78 Å². The van der Waals surface area contributed by atoms with E-state index in [1.807, 2.05) is 36.4 Å². The van der Waals surface area contributed by atoms with Gasteiger partial charge in [0.25, 0.3) is 5.56 Å². The molecule has 0 amide bonds. The predicted octanol–water partition coefficient (Wildman–Crippen LogP) is 6.44. The zero-order valence-electron chi connectivity index (χ0n) is 20.4. The maximum absolute atomic E-state index is 13.5. The third-order valence-electron chi connectivity index (χ3n) is 5.66. The van der Waals surface area contributed by atoms with Gasteiger partial charge >= 0.3 is 5.97 Å². The third-order valence-corrected chi connectivity index (χ3v) is 6.53. The number of carbonyl (C=O) groups is 1. The number of nitrogens with zero attached hydrogens (tertiary/aromatic N) is 3. The van der Waals surface area contributed by atoms with Crippen LogP contribution >= 0.6 is 27.5 Å². The number of carbonyl (C=O) groups excluding carboxylic acids is 1. The number of halogens is 2. The normalized spacial score (nSPS) is 12.3. The van der Waals surface area contributed by atoms with Gasteiger partial charge in [-0.2, -0.15) is 9.78 Å². The first-order valence-electron chi connectivity index (χ1n) is 11.7. The number of hydrogen-bond acceptors (Lipinski definition) is 7. The van der Waals surface area contributed by atoms with Gasteiger partial charge in [0.05, 0.1) is 33.2 Å². The van der Waals surface area contributed by atoms with Crippen molar-refractivity contribution in [2.45, 2.75) is 20.0 Å². The van der Waals surface area contributed by atoms with E-state index in [9.17, 15) is 9.59 Å². The van der Waals surface area contributed by atoms with Crippen molar-refractivity contribution in [1.82, 2.24) is 9.66 Å². The lowest BCUT2D eigenvalue weighted by Crippen LogP contribution is -2.26. The average molecular weight is 595 g/mol. The van der Waals surface area contributed by atoms with Crippen molar-refractivity contribution in [3.05, 3.63) is 92.1 Å². The summed E-state index contributed by atoms with van der Waals surface area (Å²) in [7, 11) is 0. The first-order chi connectivity index (χ1) is 18.4. The fourth-order valence-electron chi connectivity index (χ4n) is 3.86. The fourth-order valence-corrected chi connectivity index (χ4v) is 4.82. The molecule has 0 aliphatic rings. The molecule has 0 fully saturated rings. The molecule has 1 atom stereocenters. The summed E-state index contributed by atoms with van der Waals surface area (Å²) in [4.78, 5) is 30.1. The monoisotopic (exact) mass is 593 g/mol. The van der Waals surface area contributed by atoms with Crippen molar-refractivity contribution < 1.29 is 18.7 Å². The van der Waals surface area contributed by atoms with Gasteiger partial charge in [-0.1, -0.05) is 41.9 Å². The molecule has 192 valence electrons. The second-order valence-corrected chi connectivity index (χ2v) is 9.55. The Balaban J connectivity index is 1.55. The Morgan fingerprint density at radius 2 is 1.95 bits per heavy atom. The lowest BCUT2D eigenvalue weighted by atomic mass is 10.2. The number of hydrogen-bond donors (Lipinski definition) is 0. The van der Waals surface area contributed by atoms with Crippen LogP contribution in [0.25, 0.3) is 33.5 Å². The van der Waals surface area contributed by atoms with E-state index in [2.05, 4.69) is 26.0 Å². The molecule has 0 spiro atoms. The summed E-state index contributed by atoms with van der Waals surface area (Å²) in [5, 5.41) is 6.00. The minimum absolute atomic E-state index is 0.246. The molecule has 0 aliphatic heterocycles. The number of furan rings is 1. The minimum Gasteiger partial charge on any atom is -0.476 e. The van der Waals surface area contributed by atoms with Crippen LogP contribution in [0.5, 0.6) is 5.75 Å². The molecule has 5 rings (SSSR count). The molecule has 5 aromatic rings. The first-order valence-corrected chi connectivity index (χ1v) is 12.9. The zero-order valence-corrected chi connectivity index (χ0v) is 22.7. The molecule has 3 aromatic carbocycles. The molecular formula is C28H21BrClN3O5. The van der Waals surface area contributed by atoms with Crippen LogP contribution in [0.2, 0.25) is 5.02 Å². The highest BCUT2D eigenvalue weighted by Gasteiger charge is 2.20. The van der Waals surface area contributed by atoms with Crippen molar-refractivity contribution in [2.75, 3.05) is 6.61 Å². The number of aromatic nitrogens is 2. The number of rotatable bonds is 7. The highest BCUT2D eigenvalue weighted by molar-refractivity contribution is 9.10. The Kier molecular flexibility index (Phi) is 7.31. The molecule has 38 heavy (non-hydrogen) atoms. The summed E-state index contributed by atoms with van der Waals surface area (Å²) < 4.78 is 18.4. The molecule has 0 saturated carbocycles. The van der Waals surface area contributed by atoms with Crippen LogP contribution in [0, 0.1) is 0 Å². The molecule has 8 nitrogen and oxygen atoms in total. The molecule has 0 saturated heterocycles. The van der Waals surface area contributed by atoms with Crippen LogP contribution in [-0.2, 0) is 9.53 Å². The summed E-state index contributed by atoms with van der Waals surface area (Å²) in [6, 6.07) is 19.7. The molecule has 0 radical (unpaired) electrons. The number of para-hydroxylation sites is 2. The Hall–Kier alpha value is -3.95. The summed E-state index contributed by atoms with van der Waals surface area (Å²) in [5.74, 6) is 0.455. The van der Waals surface area contributed by atoms with Crippen molar-refractivity contribution in [3.8, 4) is 17.3 Å². The highest BCUT2D eigenvalue weighted by Crippen LogP contribution is 2.35. The van der Waals surface area contributed by atoms with Crippen LogP contribution in [0.3, 0.4) is 0 Å². The van der Waals surface area contributed by atoms with E-state index in [0.717, 1.165) is 5.39 Å². The zero-order chi connectivity index (χ0) is 26.8. The number of esters is 1. The summed E-state index contributed by atoms with van der Waals surface area (Å²) in [6.45, 7) is 3.54. The minimum atomic E-state index is -0.850. The van der Waals surface area contributed by atoms with E-state index in [1.165, 1.54) is 10.9 Å². The highest BCUT2D eigenvalue weighted by atomic mass is 79.9. The van der Waals surface area contributed by atoms with E-state index < -0.39 is 12.1 Å². The van der Waals surface area contributed by atoms with Crippen LogP contribution in [0.1, 0.15) is 19.4 Å². The van der Waals surface area contributed by atoms with E-state index in [-0.39, 0.29) is 28.8 Å².